The first kappa shape index (κ1) is 15.8. The number of carbonyl (C=O) groups excluding carboxylic acids is 1. The Balaban J connectivity index is 2.01. The molecule has 0 unspecified atom stereocenters. The molecular formula is C17H25NO3. The number of nitrogens with one attached hydrogen (secondary N) is 1. The molecule has 0 spiro atoms. The van der Waals surface area contributed by atoms with Gasteiger partial charge in [-0.3, -0.25) is 4.79 Å². The van der Waals surface area contributed by atoms with Gasteiger partial charge in [-0.15, -0.1) is 0 Å². The third kappa shape index (κ3) is 4.21. The Morgan fingerprint density at radius 3 is 2.52 bits per heavy atom. The summed E-state index contributed by atoms with van der Waals surface area (Å²) >= 11 is 0. The predicted octanol–water partition coefficient (Wildman–Crippen LogP) is 2.79. The van der Waals surface area contributed by atoms with Gasteiger partial charge in [-0.1, -0.05) is 18.2 Å². The molecule has 0 heterocycles. The van der Waals surface area contributed by atoms with E-state index >= 15 is 0 Å². The van der Waals surface area contributed by atoms with Crippen LogP contribution in [-0.2, 0) is 11.3 Å². The molecule has 2 rings (SSSR count). The fourth-order valence-electron chi connectivity index (χ4n) is 2.61. The van der Waals surface area contributed by atoms with Crippen LogP contribution in [0, 0.1) is 0 Å². The van der Waals surface area contributed by atoms with Crippen LogP contribution in [-0.4, -0.2) is 22.2 Å². The van der Waals surface area contributed by atoms with E-state index in [4.69, 9.17) is 4.74 Å². The third-order valence-corrected chi connectivity index (χ3v) is 3.68. The maximum absolute atomic E-state index is 12.1. The smallest absolute Gasteiger partial charge is 0.252 e. The number of carbonyl (C=O) groups is 1. The van der Waals surface area contributed by atoms with Gasteiger partial charge >= 0.3 is 0 Å². The second-order valence-corrected chi connectivity index (χ2v) is 6.74. The number of hydrogen-bond donors (Lipinski definition) is 2. The fraction of sp³-hybridized carbons (Fsp3) is 0.588. The Labute approximate surface area is 126 Å². The van der Waals surface area contributed by atoms with E-state index in [1.165, 1.54) is 0 Å². The van der Waals surface area contributed by atoms with Crippen LogP contribution in [0.15, 0.2) is 24.3 Å². The van der Waals surface area contributed by atoms with Crippen LogP contribution in [0.25, 0.3) is 0 Å². The average molecular weight is 291 g/mol. The van der Waals surface area contributed by atoms with Gasteiger partial charge in [-0.2, -0.15) is 0 Å². The molecule has 4 nitrogen and oxygen atoms in total. The van der Waals surface area contributed by atoms with Crippen LogP contribution in [0.2, 0.25) is 0 Å². The maximum Gasteiger partial charge on any atom is 0.252 e. The molecule has 0 saturated heterocycles. The van der Waals surface area contributed by atoms with E-state index in [9.17, 15) is 9.90 Å². The molecule has 0 aliphatic heterocycles. The third-order valence-electron chi connectivity index (χ3n) is 3.68. The van der Waals surface area contributed by atoms with Crippen LogP contribution in [0.4, 0.5) is 0 Å². The highest BCUT2D eigenvalue weighted by molar-refractivity contribution is 5.85. The van der Waals surface area contributed by atoms with Crippen LogP contribution < -0.4 is 10.1 Å². The van der Waals surface area contributed by atoms with E-state index in [1.807, 2.05) is 45.0 Å². The summed E-state index contributed by atoms with van der Waals surface area (Å²) in [4.78, 5) is 12.1. The summed E-state index contributed by atoms with van der Waals surface area (Å²) in [6, 6.07) is 7.66. The van der Waals surface area contributed by atoms with Gasteiger partial charge in [0.15, 0.2) is 0 Å². The summed E-state index contributed by atoms with van der Waals surface area (Å²) in [6.07, 6.45) is 2.93. The predicted molar refractivity (Wildman–Crippen MR) is 82.1 cm³/mol. The number of amides is 1. The summed E-state index contributed by atoms with van der Waals surface area (Å²) in [7, 11) is 0. The molecule has 1 amide bonds. The van der Waals surface area contributed by atoms with Crippen molar-refractivity contribution in [2.75, 3.05) is 0 Å². The zero-order chi connectivity index (χ0) is 15.5. The summed E-state index contributed by atoms with van der Waals surface area (Å²) < 4.78 is 5.90. The average Bonchev–Trinajstić information content (AvgIpc) is 2.84. The Morgan fingerprint density at radius 1 is 1.29 bits per heavy atom. The monoisotopic (exact) mass is 291 g/mol. The minimum atomic E-state index is -1.18. The minimum Gasteiger partial charge on any atom is -0.488 e. The molecule has 0 atom stereocenters. The van der Waals surface area contributed by atoms with Crippen LogP contribution in [0.5, 0.6) is 5.75 Å². The number of hydrogen-bond acceptors (Lipinski definition) is 3. The molecular weight excluding hydrogens is 266 g/mol. The summed E-state index contributed by atoms with van der Waals surface area (Å²) in [5, 5.41) is 13.1. The molecule has 0 radical (unpaired) electrons. The molecule has 1 aromatic carbocycles. The zero-order valence-corrected chi connectivity index (χ0v) is 13.1. The van der Waals surface area contributed by atoms with E-state index in [0.29, 0.717) is 19.4 Å². The molecule has 4 heteroatoms. The summed E-state index contributed by atoms with van der Waals surface area (Å²) in [5.41, 5.74) is -0.550. The lowest BCUT2D eigenvalue weighted by Gasteiger charge is -2.24. The van der Waals surface area contributed by atoms with Crippen molar-refractivity contribution >= 4 is 5.91 Å². The minimum absolute atomic E-state index is 0.273. The molecule has 1 aliphatic carbocycles. The van der Waals surface area contributed by atoms with Crippen molar-refractivity contribution in [3.05, 3.63) is 29.8 Å². The number of benzene rings is 1. The van der Waals surface area contributed by atoms with E-state index in [2.05, 4.69) is 5.32 Å². The molecule has 2 N–H and O–H groups in total. The van der Waals surface area contributed by atoms with Crippen molar-refractivity contribution in [1.82, 2.24) is 5.32 Å². The number of rotatable bonds is 4. The topological polar surface area (TPSA) is 58.6 Å². The quantitative estimate of drug-likeness (QED) is 0.897. The SMILES string of the molecule is CC(C)(C)Oc1ccccc1CNC(=O)C1(O)CCCC1. The Kier molecular flexibility index (Phi) is 4.57. The molecule has 1 aromatic rings. The van der Waals surface area contributed by atoms with Crippen molar-refractivity contribution in [1.29, 1.82) is 0 Å². The van der Waals surface area contributed by atoms with Crippen LogP contribution in [0.1, 0.15) is 52.0 Å². The maximum atomic E-state index is 12.1. The summed E-state index contributed by atoms with van der Waals surface area (Å²) in [6.45, 7) is 6.34. The van der Waals surface area contributed by atoms with Crippen LogP contribution in [0.3, 0.4) is 0 Å². The van der Waals surface area contributed by atoms with Crippen molar-refractivity contribution in [3.63, 3.8) is 0 Å². The highest BCUT2D eigenvalue weighted by Gasteiger charge is 2.38. The van der Waals surface area contributed by atoms with Crippen molar-refractivity contribution in [3.8, 4) is 5.75 Å². The fourth-order valence-corrected chi connectivity index (χ4v) is 2.61. The zero-order valence-electron chi connectivity index (χ0n) is 13.1. The molecule has 1 aliphatic rings. The summed E-state index contributed by atoms with van der Waals surface area (Å²) in [5.74, 6) is 0.495. The normalized spacial score (nSPS) is 17.5. The molecule has 116 valence electrons. The van der Waals surface area contributed by atoms with Gasteiger partial charge < -0.3 is 15.2 Å². The first-order valence-corrected chi connectivity index (χ1v) is 7.58. The van der Waals surface area contributed by atoms with Gasteiger partial charge in [0.25, 0.3) is 5.91 Å². The second-order valence-electron chi connectivity index (χ2n) is 6.74. The number of para-hydroxylation sites is 1. The van der Waals surface area contributed by atoms with Gasteiger partial charge in [-0.25, -0.2) is 0 Å². The van der Waals surface area contributed by atoms with Gasteiger partial charge in [0, 0.05) is 12.1 Å². The van der Waals surface area contributed by atoms with Crippen molar-refractivity contribution in [2.24, 2.45) is 0 Å². The Hall–Kier alpha value is -1.55. The largest absolute Gasteiger partial charge is 0.488 e. The molecule has 0 bridgehead atoms. The lowest BCUT2D eigenvalue weighted by molar-refractivity contribution is -0.139. The van der Waals surface area contributed by atoms with Gasteiger partial charge in [0.1, 0.15) is 17.0 Å². The molecule has 0 aromatic heterocycles. The van der Waals surface area contributed by atoms with E-state index in [0.717, 1.165) is 24.2 Å². The second kappa shape index (κ2) is 6.06. The number of aliphatic hydroxyl groups is 1. The molecule has 1 fully saturated rings. The lowest BCUT2D eigenvalue weighted by atomic mass is 10.0. The van der Waals surface area contributed by atoms with E-state index in [-0.39, 0.29) is 11.5 Å². The van der Waals surface area contributed by atoms with Gasteiger partial charge in [-0.05, 0) is 52.5 Å². The highest BCUT2D eigenvalue weighted by Crippen LogP contribution is 2.30. The first-order valence-electron chi connectivity index (χ1n) is 7.58. The van der Waals surface area contributed by atoms with Crippen molar-refractivity contribution in [2.45, 2.75) is 64.2 Å². The Bertz CT molecular complexity index is 499. The Morgan fingerprint density at radius 2 is 1.90 bits per heavy atom. The van der Waals surface area contributed by atoms with Crippen LogP contribution >= 0.6 is 0 Å². The van der Waals surface area contributed by atoms with E-state index < -0.39 is 5.60 Å². The standard InChI is InChI=1S/C17H25NO3/c1-16(2,3)21-14-9-5-4-8-13(14)12-18-15(19)17(20)10-6-7-11-17/h4-5,8-9,20H,6-7,10-12H2,1-3H3,(H,18,19). The van der Waals surface area contributed by atoms with E-state index in [1.54, 1.807) is 0 Å². The number of ether oxygens (including phenoxy) is 1. The first-order chi connectivity index (χ1) is 9.80. The molecule has 1 saturated carbocycles. The highest BCUT2D eigenvalue weighted by atomic mass is 16.5. The van der Waals surface area contributed by atoms with Crippen molar-refractivity contribution < 1.29 is 14.6 Å². The van der Waals surface area contributed by atoms with Gasteiger partial charge in [0.2, 0.25) is 0 Å². The van der Waals surface area contributed by atoms with Gasteiger partial charge in [0.05, 0.1) is 0 Å². The lowest BCUT2D eigenvalue weighted by Crippen LogP contribution is -2.44. The molecule has 21 heavy (non-hydrogen) atoms.